The van der Waals surface area contributed by atoms with Crippen LogP contribution in [0.15, 0.2) is 18.2 Å². The Kier molecular flexibility index (Phi) is 6.96. The van der Waals surface area contributed by atoms with Crippen molar-refractivity contribution in [2.24, 2.45) is 0 Å². The lowest BCUT2D eigenvalue weighted by Crippen LogP contribution is -2.41. The molecule has 1 aromatic rings. The molecule has 1 rings (SSSR count). The molecular formula is C16H27FN2O. The molecule has 0 aliphatic heterocycles. The van der Waals surface area contributed by atoms with Gasteiger partial charge >= 0.3 is 0 Å². The summed E-state index contributed by atoms with van der Waals surface area (Å²) in [6.07, 6.45) is 0. The van der Waals surface area contributed by atoms with Crippen LogP contribution in [-0.2, 0) is 6.54 Å². The zero-order chi connectivity index (χ0) is 15.1. The van der Waals surface area contributed by atoms with E-state index in [1.807, 2.05) is 6.07 Å². The van der Waals surface area contributed by atoms with Gasteiger partial charge in [0.15, 0.2) is 11.6 Å². The number of nitrogens with zero attached hydrogens (tertiary/aromatic N) is 1. The quantitative estimate of drug-likeness (QED) is 0.742. The molecule has 0 spiro atoms. The first-order chi connectivity index (χ1) is 9.47. The van der Waals surface area contributed by atoms with Crippen molar-refractivity contribution in [2.75, 3.05) is 20.2 Å². The number of rotatable bonds is 8. The van der Waals surface area contributed by atoms with Gasteiger partial charge in [-0.25, -0.2) is 4.39 Å². The summed E-state index contributed by atoms with van der Waals surface area (Å²) in [5.74, 6) is 0.0300. The minimum Gasteiger partial charge on any atom is -0.494 e. The summed E-state index contributed by atoms with van der Waals surface area (Å²) in [6, 6.07) is 6.27. The van der Waals surface area contributed by atoms with Crippen molar-refractivity contribution < 1.29 is 9.13 Å². The molecule has 20 heavy (non-hydrogen) atoms. The smallest absolute Gasteiger partial charge is 0.169 e. The maximum absolute atomic E-state index is 13.9. The monoisotopic (exact) mass is 282 g/mol. The minimum atomic E-state index is -0.271. The first kappa shape index (κ1) is 16.9. The van der Waals surface area contributed by atoms with Crippen LogP contribution in [0.25, 0.3) is 0 Å². The van der Waals surface area contributed by atoms with Gasteiger partial charge in [0.05, 0.1) is 7.11 Å². The summed E-state index contributed by atoms with van der Waals surface area (Å²) < 4.78 is 18.9. The van der Waals surface area contributed by atoms with E-state index in [0.717, 1.165) is 13.1 Å². The average Bonchev–Trinajstić information content (AvgIpc) is 2.39. The zero-order valence-corrected chi connectivity index (χ0v) is 13.2. The van der Waals surface area contributed by atoms with Gasteiger partial charge in [0.1, 0.15) is 0 Å². The maximum atomic E-state index is 13.9. The van der Waals surface area contributed by atoms with E-state index in [4.69, 9.17) is 4.74 Å². The Hall–Kier alpha value is -1.13. The van der Waals surface area contributed by atoms with Crippen molar-refractivity contribution in [3.8, 4) is 5.75 Å². The largest absolute Gasteiger partial charge is 0.494 e. The third kappa shape index (κ3) is 4.76. The summed E-state index contributed by atoms with van der Waals surface area (Å²) in [6.45, 7) is 11.1. The van der Waals surface area contributed by atoms with Crippen LogP contribution in [0.2, 0.25) is 0 Å². The first-order valence-electron chi connectivity index (χ1n) is 7.25. The Bertz CT molecular complexity index is 399. The Morgan fingerprint density at radius 2 is 1.85 bits per heavy atom. The lowest BCUT2D eigenvalue weighted by molar-refractivity contribution is 0.175. The summed E-state index contributed by atoms with van der Waals surface area (Å²) in [5, 5.41) is 3.30. The van der Waals surface area contributed by atoms with Crippen LogP contribution in [0, 0.1) is 5.82 Å². The van der Waals surface area contributed by atoms with Gasteiger partial charge in [-0.1, -0.05) is 12.1 Å². The van der Waals surface area contributed by atoms with Gasteiger partial charge < -0.3 is 10.1 Å². The van der Waals surface area contributed by atoms with Crippen molar-refractivity contribution in [2.45, 2.75) is 46.3 Å². The molecule has 0 aliphatic carbocycles. The minimum absolute atomic E-state index is 0.271. The highest BCUT2D eigenvalue weighted by Gasteiger charge is 2.12. The molecular weight excluding hydrogens is 255 g/mol. The van der Waals surface area contributed by atoms with Crippen LogP contribution in [0.1, 0.15) is 33.3 Å². The predicted octanol–water partition coefficient (Wildman–Crippen LogP) is 3.04. The second-order valence-electron chi connectivity index (χ2n) is 5.54. The van der Waals surface area contributed by atoms with E-state index in [2.05, 4.69) is 37.9 Å². The highest BCUT2D eigenvalue weighted by atomic mass is 19.1. The average molecular weight is 282 g/mol. The fraction of sp³-hybridized carbons (Fsp3) is 0.625. The second kappa shape index (κ2) is 8.22. The number of benzene rings is 1. The molecule has 1 aromatic carbocycles. The van der Waals surface area contributed by atoms with E-state index < -0.39 is 0 Å². The predicted molar refractivity (Wildman–Crippen MR) is 81.6 cm³/mol. The molecule has 0 unspecified atom stereocenters. The summed E-state index contributed by atoms with van der Waals surface area (Å²) in [5.41, 5.74) is 0.644. The third-order valence-electron chi connectivity index (χ3n) is 3.45. The molecule has 0 fully saturated rings. The molecule has 0 bridgehead atoms. The SMILES string of the molecule is COc1cccc(CNCCN(C(C)C)C(C)C)c1F. The topological polar surface area (TPSA) is 24.5 Å². The van der Waals surface area contributed by atoms with Crippen LogP contribution in [0.4, 0.5) is 4.39 Å². The Balaban J connectivity index is 2.45. The van der Waals surface area contributed by atoms with Gasteiger partial charge in [0.25, 0.3) is 0 Å². The van der Waals surface area contributed by atoms with Crippen molar-refractivity contribution in [1.29, 1.82) is 0 Å². The van der Waals surface area contributed by atoms with Crippen molar-refractivity contribution in [3.63, 3.8) is 0 Å². The van der Waals surface area contributed by atoms with Gasteiger partial charge in [-0.15, -0.1) is 0 Å². The second-order valence-corrected chi connectivity index (χ2v) is 5.54. The van der Waals surface area contributed by atoms with Crippen LogP contribution in [-0.4, -0.2) is 37.2 Å². The molecule has 0 amide bonds. The standard InChI is InChI=1S/C16H27FN2O/c1-12(2)19(13(3)4)10-9-18-11-14-7-6-8-15(20-5)16(14)17/h6-8,12-13,18H,9-11H2,1-5H3. The van der Waals surface area contributed by atoms with E-state index in [-0.39, 0.29) is 5.82 Å². The number of hydrogen-bond donors (Lipinski definition) is 1. The number of methoxy groups -OCH3 is 1. The normalized spacial score (nSPS) is 11.7. The molecule has 1 N–H and O–H groups in total. The molecule has 0 heterocycles. The molecule has 0 aliphatic rings. The fourth-order valence-electron chi connectivity index (χ4n) is 2.39. The third-order valence-corrected chi connectivity index (χ3v) is 3.45. The number of ether oxygens (including phenoxy) is 1. The summed E-state index contributed by atoms with van der Waals surface area (Å²) in [7, 11) is 1.48. The fourth-order valence-corrected chi connectivity index (χ4v) is 2.39. The molecule has 0 aromatic heterocycles. The lowest BCUT2D eigenvalue weighted by Gasteiger charge is -2.30. The Morgan fingerprint density at radius 1 is 1.20 bits per heavy atom. The van der Waals surface area contributed by atoms with Gasteiger partial charge in [0, 0.05) is 37.3 Å². The number of nitrogens with one attached hydrogen (secondary N) is 1. The van der Waals surface area contributed by atoms with Crippen molar-refractivity contribution >= 4 is 0 Å². The molecule has 3 nitrogen and oxygen atoms in total. The molecule has 0 saturated heterocycles. The highest BCUT2D eigenvalue weighted by Crippen LogP contribution is 2.19. The molecule has 114 valence electrons. The number of hydrogen-bond acceptors (Lipinski definition) is 3. The summed E-state index contributed by atoms with van der Waals surface area (Å²) in [4.78, 5) is 2.41. The highest BCUT2D eigenvalue weighted by molar-refractivity contribution is 5.30. The van der Waals surface area contributed by atoms with E-state index in [1.165, 1.54) is 7.11 Å². The van der Waals surface area contributed by atoms with E-state index >= 15 is 0 Å². The molecule has 4 heteroatoms. The van der Waals surface area contributed by atoms with Crippen LogP contribution in [0.3, 0.4) is 0 Å². The zero-order valence-electron chi connectivity index (χ0n) is 13.2. The first-order valence-corrected chi connectivity index (χ1v) is 7.25. The summed E-state index contributed by atoms with van der Waals surface area (Å²) >= 11 is 0. The van der Waals surface area contributed by atoms with Crippen LogP contribution < -0.4 is 10.1 Å². The Labute approximate surface area is 122 Å². The van der Waals surface area contributed by atoms with Gasteiger partial charge in [-0.3, -0.25) is 4.90 Å². The molecule has 0 radical (unpaired) electrons. The van der Waals surface area contributed by atoms with Crippen molar-refractivity contribution in [1.82, 2.24) is 10.2 Å². The van der Waals surface area contributed by atoms with Crippen molar-refractivity contribution in [3.05, 3.63) is 29.6 Å². The molecule has 0 saturated carbocycles. The van der Waals surface area contributed by atoms with E-state index in [1.54, 1.807) is 12.1 Å². The van der Waals surface area contributed by atoms with E-state index in [9.17, 15) is 4.39 Å². The number of halogens is 1. The van der Waals surface area contributed by atoms with Gasteiger partial charge in [-0.05, 0) is 33.8 Å². The van der Waals surface area contributed by atoms with Crippen LogP contribution >= 0.6 is 0 Å². The van der Waals surface area contributed by atoms with Gasteiger partial charge in [0.2, 0.25) is 0 Å². The Morgan fingerprint density at radius 3 is 2.40 bits per heavy atom. The van der Waals surface area contributed by atoms with Gasteiger partial charge in [-0.2, -0.15) is 0 Å². The van der Waals surface area contributed by atoms with Crippen LogP contribution in [0.5, 0.6) is 5.75 Å². The van der Waals surface area contributed by atoms with E-state index in [0.29, 0.717) is 29.9 Å². The lowest BCUT2D eigenvalue weighted by atomic mass is 10.2. The molecule has 0 atom stereocenters. The maximum Gasteiger partial charge on any atom is 0.169 e.